The molecule has 0 aromatic heterocycles. The van der Waals surface area contributed by atoms with Crippen LogP contribution in [0.1, 0.15) is 12.8 Å². The van der Waals surface area contributed by atoms with Gasteiger partial charge < -0.3 is 15.5 Å². The van der Waals surface area contributed by atoms with Crippen LogP contribution in [-0.4, -0.2) is 43.9 Å². The SMILES string of the molecule is CN(C)CCCNC(=O)C1CC1C(=O)Nc1ccc(Cl)c(Cl)c1. The molecule has 2 atom stereocenters. The van der Waals surface area contributed by atoms with Crippen molar-refractivity contribution in [3.05, 3.63) is 28.2 Å². The minimum atomic E-state index is -0.265. The number of hydrogen-bond donors (Lipinski definition) is 2. The van der Waals surface area contributed by atoms with Gasteiger partial charge >= 0.3 is 0 Å². The number of amides is 2. The summed E-state index contributed by atoms with van der Waals surface area (Å²) in [5.41, 5.74) is 0.585. The molecule has 7 heteroatoms. The van der Waals surface area contributed by atoms with Crippen molar-refractivity contribution in [2.75, 3.05) is 32.5 Å². The number of carbonyl (C=O) groups is 2. The van der Waals surface area contributed by atoms with Crippen molar-refractivity contribution in [2.45, 2.75) is 12.8 Å². The van der Waals surface area contributed by atoms with E-state index in [4.69, 9.17) is 23.2 Å². The molecular formula is C16H21Cl2N3O2. The van der Waals surface area contributed by atoms with E-state index < -0.39 is 0 Å². The Morgan fingerprint density at radius 2 is 1.87 bits per heavy atom. The molecule has 126 valence electrons. The van der Waals surface area contributed by atoms with Gasteiger partial charge in [0, 0.05) is 12.2 Å². The van der Waals surface area contributed by atoms with E-state index >= 15 is 0 Å². The highest BCUT2D eigenvalue weighted by Gasteiger charge is 2.47. The Morgan fingerprint density at radius 1 is 1.17 bits per heavy atom. The Hall–Kier alpha value is -1.30. The summed E-state index contributed by atoms with van der Waals surface area (Å²) in [5, 5.41) is 6.47. The number of benzene rings is 1. The maximum atomic E-state index is 12.1. The largest absolute Gasteiger partial charge is 0.356 e. The van der Waals surface area contributed by atoms with Crippen LogP contribution in [0, 0.1) is 11.8 Å². The second-order valence-corrected chi connectivity index (χ2v) is 6.83. The van der Waals surface area contributed by atoms with Gasteiger partial charge in [-0.1, -0.05) is 23.2 Å². The quantitative estimate of drug-likeness (QED) is 0.737. The van der Waals surface area contributed by atoms with Crippen molar-refractivity contribution < 1.29 is 9.59 Å². The lowest BCUT2D eigenvalue weighted by atomic mass is 10.2. The van der Waals surface area contributed by atoms with Crippen molar-refractivity contribution in [1.29, 1.82) is 0 Å². The molecule has 5 nitrogen and oxygen atoms in total. The average molecular weight is 358 g/mol. The molecule has 1 aromatic carbocycles. The van der Waals surface area contributed by atoms with Crippen LogP contribution in [0.4, 0.5) is 5.69 Å². The van der Waals surface area contributed by atoms with E-state index in [1.165, 1.54) is 0 Å². The molecular weight excluding hydrogens is 337 g/mol. The molecule has 0 saturated heterocycles. The second kappa shape index (κ2) is 7.99. The van der Waals surface area contributed by atoms with Gasteiger partial charge in [-0.2, -0.15) is 0 Å². The molecule has 1 aliphatic rings. The fourth-order valence-electron chi connectivity index (χ4n) is 2.32. The van der Waals surface area contributed by atoms with E-state index in [0.29, 0.717) is 28.7 Å². The minimum Gasteiger partial charge on any atom is -0.356 e. The van der Waals surface area contributed by atoms with Crippen LogP contribution < -0.4 is 10.6 Å². The molecule has 0 aliphatic heterocycles. The summed E-state index contributed by atoms with van der Waals surface area (Å²) in [6, 6.07) is 4.91. The normalized spacial score (nSPS) is 19.5. The van der Waals surface area contributed by atoms with Crippen LogP contribution in [0.5, 0.6) is 0 Å². The molecule has 1 saturated carbocycles. The third kappa shape index (κ3) is 5.37. The van der Waals surface area contributed by atoms with Crippen molar-refractivity contribution in [2.24, 2.45) is 11.8 Å². The first-order chi connectivity index (χ1) is 10.9. The summed E-state index contributed by atoms with van der Waals surface area (Å²) >= 11 is 11.8. The molecule has 1 aliphatic carbocycles. The third-order valence-corrected chi connectivity index (χ3v) is 4.47. The number of halogens is 2. The lowest BCUT2D eigenvalue weighted by Crippen LogP contribution is -2.30. The molecule has 2 unspecified atom stereocenters. The Kier molecular flexibility index (Phi) is 6.27. The van der Waals surface area contributed by atoms with Gasteiger partial charge in [0.15, 0.2) is 0 Å². The third-order valence-electron chi connectivity index (χ3n) is 3.73. The summed E-state index contributed by atoms with van der Waals surface area (Å²) in [5.74, 6) is -0.690. The van der Waals surface area contributed by atoms with E-state index in [1.54, 1.807) is 18.2 Å². The molecule has 1 aromatic rings. The maximum absolute atomic E-state index is 12.1. The number of nitrogens with zero attached hydrogens (tertiary/aromatic N) is 1. The maximum Gasteiger partial charge on any atom is 0.228 e. The van der Waals surface area contributed by atoms with Crippen LogP contribution in [-0.2, 0) is 9.59 Å². The van der Waals surface area contributed by atoms with Gasteiger partial charge in [0.25, 0.3) is 0 Å². The predicted molar refractivity (Wildman–Crippen MR) is 92.9 cm³/mol. The van der Waals surface area contributed by atoms with E-state index in [0.717, 1.165) is 13.0 Å². The molecule has 0 bridgehead atoms. The molecule has 0 radical (unpaired) electrons. The summed E-state index contributed by atoms with van der Waals surface area (Å²) in [6.07, 6.45) is 1.48. The monoisotopic (exact) mass is 357 g/mol. The van der Waals surface area contributed by atoms with Gasteiger partial charge in [-0.15, -0.1) is 0 Å². The van der Waals surface area contributed by atoms with Crippen LogP contribution in [0.25, 0.3) is 0 Å². The molecule has 2 rings (SSSR count). The van der Waals surface area contributed by atoms with Gasteiger partial charge in [-0.05, 0) is 51.7 Å². The van der Waals surface area contributed by atoms with Gasteiger partial charge in [0.1, 0.15) is 0 Å². The first-order valence-corrected chi connectivity index (χ1v) is 8.32. The van der Waals surface area contributed by atoms with Crippen LogP contribution in [0.3, 0.4) is 0 Å². The van der Waals surface area contributed by atoms with E-state index in [2.05, 4.69) is 15.5 Å². The number of nitrogens with one attached hydrogen (secondary N) is 2. The lowest BCUT2D eigenvalue weighted by Gasteiger charge is -2.10. The van der Waals surface area contributed by atoms with Gasteiger partial charge in [-0.25, -0.2) is 0 Å². The number of hydrogen-bond acceptors (Lipinski definition) is 3. The average Bonchev–Trinajstić information content (AvgIpc) is 3.27. The molecule has 0 spiro atoms. The Bertz CT molecular complexity index is 593. The fraction of sp³-hybridized carbons (Fsp3) is 0.500. The first-order valence-electron chi connectivity index (χ1n) is 7.57. The number of anilines is 1. The standard InChI is InChI=1S/C16H21Cl2N3O2/c1-21(2)7-3-6-19-15(22)11-9-12(11)16(23)20-10-4-5-13(17)14(18)8-10/h4-5,8,11-12H,3,6-7,9H2,1-2H3,(H,19,22)(H,20,23). The van der Waals surface area contributed by atoms with Gasteiger partial charge in [0.05, 0.1) is 21.9 Å². The summed E-state index contributed by atoms with van der Waals surface area (Å²) in [7, 11) is 3.98. The molecule has 2 N–H and O–H groups in total. The van der Waals surface area contributed by atoms with Crippen LogP contribution in [0.2, 0.25) is 10.0 Å². The zero-order chi connectivity index (χ0) is 17.0. The van der Waals surface area contributed by atoms with Crippen molar-refractivity contribution >= 4 is 40.7 Å². The Morgan fingerprint density at radius 3 is 2.52 bits per heavy atom. The predicted octanol–water partition coefficient (Wildman–Crippen LogP) is 2.64. The van der Waals surface area contributed by atoms with Crippen LogP contribution >= 0.6 is 23.2 Å². The minimum absolute atomic E-state index is 0.0435. The number of carbonyl (C=O) groups excluding carboxylic acids is 2. The van der Waals surface area contributed by atoms with Gasteiger partial charge in [-0.3, -0.25) is 9.59 Å². The Labute approximate surface area is 146 Å². The first kappa shape index (κ1) is 18.0. The Balaban J connectivity index is 1.75. The number of rotatable bonds is 7. The lowest BCUT2D eigenvalue weighted by molar-refractivity contribution is -0.125. The molecule has 23 heavy (non-hydrogen) atoms. The molecule has 2 amide bonds. The summed E-state index contributed by atoms with van der Waals surface area (Å²) in [6.45, 7) is 1.56. The topological polar surface area (TPSA) is 61.4 Å². The molecule has 0 heterocycles. The van der Waals surface area contributed by atoms with Crippen molar-refractivity contribution in [1.82, 2.24) is 10.2 Å². The van der Waals surface area contributed by atoms with Crippen LogP contribution in [0.15, 0.2) is 18.2 Å². The van der Waals surface area contributed by atoms with E-state index in [-0.39, 0.29) is 23.7 Å². The van der Waals surface area contributed by atoms with E-state index in [9.17, 15) is 9.59 Å². The fourth-order valence-corrected chi connectivity index (χ4v) is 2.62. The van der Waals surface area contributed by atoms with Crippen molar-refractivity contribution in [3.63, 3.8) is 0 Å². The summed E-state index contributed by atoms with van der Waals surface area (Å²) < 4.78 is 0. The highest BCUT2D eigenvalue weighted by molar-refractivity contribution is 6.42. The zero-order valence-corrected chi connectivity index (χ0v) is 14.7. The highest BCUT2D eigenvalue weighted by atomic mass is 35.5. The van der Waals surface area contributed by atoms with E-state index in [1.807, 2.05) is 14.1 Å². The summed E-state index contributed by atoms with van der Waals surface area (Å²) in [4.78, 5) is 26.2. The smallest absolute Gasteiger partial charge is 0.228 e. The highest BCUT2D eigenvalue weighted by Crippen LogP contribution is 2.39. The molecule has 1 fully saturated rings. The second-order valence-electron chi connectivity index (χ2n) is 6.01. The van der Waals surface area contributed by atoms with Gasteiger partial charge in [0.2, 0.25) is 11.8 Å². The van der Waals surface area contributed by atoms with Crippen molar-refractivity contribution in [3.8, 4) is 0 Å². The zero-order valence-electron chi connectivity index (χ0n) is 13.2.